The molecule has 0 saturated heterocycles. The molecule has 0 unspecified atom stereocenters. The summed E-state index contributed by atoms with van der Waals surface area (Å²) in [5, 5.41) is 1.14. The standard InChI is InChI=1S/C58H38N2S/c1-6-18-39(19-7-1)44-30-45(40-20-8-2-9-21-40)33-48(32-44)50-36-51(49-34-46(41-22-10-3-11-23-41)31-47(35-49)42-24-12-4-13-25-42)38-52(37-50)58-59-55(43-26-14-5-15-27-43)57-56(60-58)53-28-16-17-29-54(53)61-57/h1-38H. The van der Waals surface area contributed by atoms with Crippen LogP contribution in [0.4, 0.5) is 0 Å². The van der Waals surface area contributed by atoms with E-state index in [1.807, 2.05) is 0 Å². The second-order valence-electron chi connectivity index (χ2n) is 15.4. The van der Waals surface area contributed by atoms with Crippen molar-refractivity contribution in [2.75, 3.05) is 0 Å². The molecule has 0 amide bonds. The van der Waals surface area contributed by atoms with E-state index >= 15 is 0 Å². The van der Waals surface area contributed by atoms with Gasteiger partial charge in [-0.25, -0.2) is 9.97 Å². The van der Waals surface area contributed by atoms with Crippen LogP contribution in [0.15, 0.2) is 231 Å². The fraction of sp³-hybridized carbons (Fsp3) is 0. The maximum Gasteiger partial charge on any atom is 0.160 e. The van der Waals surface area contributed by atoms with Crippen molar-refractivity contribution in [2.45, 2.75) is 0 Å². The normalized spacial score (nSPS) is 11.3. The summed E-state index contributed by atoms with van der Waals surface area (Å²) in [6.07, 6.45) is 0. The van der Waals surface area contributed by atoms with Crippen molar-refractivity contribution in [1.82, 2.24) is 9.97 Å². The molecule has 286 valence electrons. The van der Waals surface area contributed by atoms with E-state index in [0.29, 0.717) is 5.82 Å². The van der Waals surface area contributed by atoms with E-state index in [-0.39, 0.29) is 0 Å². The Balaban J connectivity index is 1.20. The lowest BCUT2D eigenvalue weighted by Gasteiger charge is -2.16. The van der Waals surface area contributed by atoms with Gasteiger partial charge >= 0.3 is 0 Å². The Morgan fingerprint density at radius 2 is 0.574 bits per heavy atom. The molecule has 9 aromatic carbocycles. The topological polar surface area (TPSA) is 25.8 Å². The molecule has 0 bridgehead atoms. The Morgan fingerprint density at radius 1 is 0.262 bits per heavy atom. The first-order valence-corrected chi connectivity index (χ1v) is 21.4. The fourth-order valence-corrected chi connectivity index (χ4v) is 9.53. The molecule has 0 spiro atoms. The van der Waals surface area contributed by atoms with Crippen molar-refractivity contribution in [2.24, 2.45) is 0 Å². The predicted octanol–water partition coefficient (Wildman–Crippen LogP) is 16.2. The second-order valence-corrected chi connectivity index (χ2v) is 16.5. The average Bonchev–Trinajstić information content (AvgIpc) is 3.73. The molecule has 0 aliphatic carbocycles. The number of thiophene rings is 1. The van der Waals surface area contributed by atoms with Crippen LogP contribution in [0.2, 0.25) is 0 Å². The number of rotatable bonds is 8. The van der Waals surface area contributed by atoms with E-state index in [1.165, 1.54) is 27.0 Å². The first-order valence-electron chi connectivity index (χ1n) is 20.6. The zero-order valence-electron chi connectivity index (χ0n) is 33.2. The van der Waals surface area contributed by atoms with Crippen LogP contribution < -0.4 is 0 Å². The van der Waals surface area contributed by atoms with Gasteiger partial charge in [0, 0.05) is 21.2 Å². The maximum atomic E-state index is 5.47. The summed E-state index contributed by atoms with van der Waals surface area (Å²) in [6.45, 7) is 0. The number of fused-ring (bicyclic) bond motifs is 3. The molecule has 0 aliphatic rings. The average molecular weight is 795 g/mol. The third-order valence-corrected chi connectivity index (χ3v) is 12.6. The molecule has 61 heavy (non-hydrogen) atoms. The molecule has 11 rings (SSSR count). The molecule has 2 nitrogen and oxygen atoms in total. The summed E-state index contributed by atoms with van der Waals surface area (Å²) in [7, 11) is 0. The highest BCUT2D eigenvalue weighted by atomic mass is 32.1. The summed E-state index contributed by atoms with van der Waals surface area (Å²) in [5.41, 5.74) is 17.7. The van der Waals surface area contributed by atoms with Crippen LogP contribution in [0, 0.1) is 0 Å². The fourth-order valence-electron chi connectivity index (χ4n) is 8.38. The van der Waals surface area contributed by atoms with Crippen LogP contribution >= 0.6 is 11.3 Å². The van der Waals surface area contributed by atoms with Crippen LogP contribution in [0.5, 0.6) is 0 Å². The van der Waals surface area contributed by atoms with Gasteiger partial charge in [-0.05, 0) is 127 Å². The van der Waals surface area contributed by atoms with E-state index in [9.17, 15) is 0 Å². The van der Waals surface area contributed by atoms with Gasteiger partial charge in [0.25, 0.3) is 0 Å². The first-order chi connectivity index (χ1) is 30.2. The molecule has 3 heteroatoms. The van der Waals surface area contributed by atoms with E-state index in [1.54, 1.807) is 11.3 Å². The molecule has 0 atom stereocenters. The largest absolute Gasteiger partial charge is 0.226 e. The van der Waals surface area contributed by atoms with Gasteiger partial charge in [0.1, 0.15) is 0 Å². The van der Waals surface area contributed by atoms with Crippen LogP contribution in [0.25, 0.3) is 110 Å². The molecular formula is C58H38N2S. The minimum Gasteiger partial charge on any atom is -0.226 e. The van der Waals surface area contributed by atoms with Gasteiger partial charge in [0.15, 0.2) is 5.82 Å². The van der Waals surface area contributed by atoms with Gasteiger partial charge in [-0.1, -0.05) is 170 Å². The molecule has 11 aromatic rings. The highest BCUT2D eigenvalue weighted by molar-refractivity contribution is 7.26. The number of nitrogens with zero attached hydrogens (tertiary/aromatic N) is 2. The smallest absolute Gasteiger partial charge is 0.160 e. The lowest BCUT2D eigenvalue weighted by atomic mass is 9.89. The molecule has 0 saturated carbocycles. The van der Waals surface area contributed by atoms with Crippen molar-refractivity contribution < 1.29 is 0 Å². The van der Waals surface area contributed by atoms with Crippen LogP contribution in [0.1, 0.15) is 0 Å². The summed E-state index contributed by atoms with van der Waals surface area (Å²) < 4.78 is 2.30. The van der Waals surface area contributed by atoms with Gasteiger partial charge < -0.3 is 0 Å². The Labute approximate surface area is 359 Å². The monoisotopic (exact) mass is 794 g/mol. The highest BCUT2D eigenvalue weighted by Gasteiger charge is 2.19. The summed E-state index contributed by atoms with van der Waals surface area (Å²) in [5.74, 6) is 0.697. The van der Waals surface area contributed by atoms with Crippen molar-refractivity contribution in [3.05, 3.63) is 231 Å². The van der Waals surface area contributed by atoms with Gasteiger partial charge in [0.05, 0.1) is 15.9 Å². The van der Waals surface area contributed by atoms with Crippen molar-refractivity contribution in [3.8, 4) is 89.4 Å². The molecule has 0 fully saturated rings. The van der Waals surface area contributed by atoms with Crippen molar-refractivity contribution >= 4 is 31.6 Å². The van der Waals surface area contributed by atoms with Gasteiger partial charge in [-0.3, -0.25) is 0 Å². The van der Waals surface area contributed by atoms with Gasteiger partial charge in [0.2, 0.25) is 0 Å². The minimum atomic E-state index is 0.697. The zero-order chi connectivity index (χ0) is 40.5. The number of aromatic nitrogens is 2. The van der Waals surface area contributed by atoms with E-state index in [2.05, 4.69) is 231 Å². The molecular weight excluding hydrogens is 757 g/mol. The number of hydrogen-bond donors (Lipinski definition) is 0. The maximum absolute atomic E-state index is 5.47. The predicted molar refractivity (Wildman–Crippen MR) is 258 cm³/mol. The molecule has 0 N–H and O–H groups in total. The van der Waals surface area contributed by atoms with Crippen molar-refractivity contribution in [1.29, 1.82) is 0 Å². The van der Waals surface area contributed by atoms with Gasteiger partial charge in [-0.2, -0.15) is 0 Å². The molecule has 0 aliphatic heterocycles. The lowest BCUT2D eigenvalue weighted by Crippen LogP contribution is -1.95. The third kappa shape index (κ3) is 7.22. The summed E-state index contributed by atoms with van der Waals surface area (Å²) >= 11 is 1.76. The van der Waals surface area contributed by atoms with E-state index in [4.69, 9.17) is 9.97 Å². The highest BCUT2D eigenvalue weighted by Crippen LogP contribution is 2.42. The number of hydrogen-bond acceptors (Lipinski definition) is 3. The van der Waals surface area contributed by atoms with E-state index < -0.39 is 0 Å². The third-order valence-electron chi connectivity index (χ3n) is 11.4. The Hall–Kier alpha value is -7.72. The Morgan fingerprint density at radius 3 is 0.967 bits per heavy atom. The lowest BCUT2D eigenvalue weighted by molar-refractivity contribution is 1.24. The Bertz CT molecular complexity index is 3060. The van der Waals surface area contributed by atoms with Crippen LogP contribution in [0.3, 0.4) is 0 Å². The minimum absolute atomic E-state index is 0.697. The van der Waals surface area contributed by atoms with Gasteiger partial charge in [-0.15, -0.1) is 11.3 Å². The van der Waals surface area contributed by atoms with Crippen molar-refractivity contribution in [3.63, 3.8) is 0 Å². The van der Waals surface area contributed by atoms with Crippen LogP contribution in [-0.4, -0.2) is 9.97 Å². The molecule has 2 aromatic heterocycles. The summed E-state index contributed by atoms with van der Waals surface area (Å²) in [4.78, 5) is 10.9. The first kappa shape index (κ1) is 36.4. The number of benzene rings is 9. The van der Waals surface area contributed by atoms with Crippen LogP contribution in [-0.2, 0) is 0 Å². The molecule has 0 radical (unpaired) electrons. The zero-order valence-corrected chi connectivity index (χ0v) is 34.1. The Kier molecular flexibility index (Phi) is 9.42. The quantitative estimate of drug-likeness (QED) is 0.153. The summed E-state index contributed by atoms with van der Waals surface area (Å²) in [6, 6.07) is 82.6. The second kappa shape index (κ2) is 15.8. The SMILES string of the molecule is c1ccc(-c2cc(-c3ccccc3)cc(-c3cc(-c4cc(-c5ccccc5)cc(-c5ccccc5)c4)cc(-c4nc(-c5ccccc5)c5sc6ccccc6c5n4)c3)c2)cc1. The molecule has 2 heterocycles. The van der Waals surface area contributed by atoms with E-state index in [0.717, 1.165) is 76.9 Å².